The molecule has 0 unspecified atom stereocenters. The maximum atomic E-state index is 13.0. The highest BCUT2D eigenvalue weighted by Crippen LogP contribution is 2.53. The van der Waals surface area contributed by atoms with Crippen molar-refractivity contribution in [3.05, 3.63) is 89.2 Å². The molecule has 5 aromatic rings. The second kappa shape index (κ2) is 15.2. The molecular weight excluding hydrogens is 759 g/mol. The number of rotatable bonds is 12. The highest BCUT2D eigenvalue weighted by atomic mass is 32.2. The fourth-order valence-electron chi connectivity index (χ4n) is 10.8. The van der Waals surface area contributed by atoms with E-state index in [2.05, 4.69) is 98.6 Å². The summed E-state index contributed by atoms with van der Waals surface area (Å²) in [6, 6.07) is 16.7. The Morgan fingerprint density at radius 1 is 0.949 bits per heavy atom. The van der Waals surface area contributed by atoms with Crippen LogP contribution < -0.4 is 30.1 Å². The number of nitrogens with one attached hydrogen (secondary N) is 3. The van der Waals surface area contributed by atoms with Crippen LogP contribution in [-0.2, 0) is 7.05 Å². The van der Waals surface area contributed by atoms with Crippen LogP contribution in [-0.4, -0.2) is 87.9 Å². The average Bonchev–Trinajstić information content (AvgIpc) is 3.69. The number of ether oxygens (including phenoxy) is 1. The molecule has 1 saturated carbocycles. The van der Waals surface area contributed by atoms with E-state index in [1.807, 2.05) is 36.7 Å². The second-order valence-electron chi connectivity index (χ2n) is 18.9. The number of H-pyrrole nitrogens is 1. The van der Waals surface area contributed by atoms with Gasteiger partial charge in [0, 0.05) is 129 Å². The van der Waals surface area contributed by atoms with Crippen molar-refractivity contribution in [2.24, 2.45) is 29.2 Å². The average molecular weight is 816 g/mol. The molecule has 2 aromatic carbocycles. The summed E-state index contributed by atoms with van der Waals surface area (Å²) in [6.07, 6.45) is 10.4. The van der Waals surface area contributed by atoms with E-state index in [4.69, 9.17) is 4.74 Å². The first kappa shape index (κ1) is 39.5. The molecule has 3 aliphatic heterocycles. The molecule has 12 nitrogen and oxygen atoms in total. The number of piperidine rings is 1. The van der Waals surface area contributed by atoms with E-state index in [0.29, 0.717) is 22.4 Å². The van der Waals surface area contributed by atoms with Crippen LogP contribution in [0.4, 0.5) is 17.3 Å². The molecule has 59 heavy (non-hydrogen) atoms. The molecule has 3 saturated heterocycles. The Morgan fingerprint density at radius 2 is 1.69 bits per heavy atom. The van der Waals surface area contributed by atoms with Gasteiger partial charge in [0.1, 0.15) is 17.0 Å². The lowest BCUT2D eigenvalue weighted by atomic mass is 9.52. The third-order valence-corrected chi connectivity index (χ3v) is 13.8. The lowest BCUT2D eigenvalue weighted by Gasteiger charge is -2.61. The van der Waals surface area contributed by atoms with Crippen LogP contribution in [0.3, 0.4) is 0 Å². The SMILES string of the molecule is CCSNc1ccc(Oc2cccc(N3CC4(CN(CC5CCN(c6ncc(C(=O)NC7C(C)(C)CC7(C)C)cn6)CC5)C4)C3)c2)c(-c2cn(C)c(=O)c3[nH]ccc23)c1. The highest BCUT2D eigenvalue weighted by molar-refractivity contribution is 8.00. The van der Waals surface area contributed by atoms with Crippen molar-refractivity contribution in [1.29, 1.82) is 0 Å². The van der Waals surface area contributed by atoms with Crippen LogP contribution >= 0.6 is 11.9 Å². The maximum absolute atomic E-state index is 13.0. The molecule has 3 N–H and O–H groups in total. The van der Waals surface area contributed by atoms with Gasteiger partial charge in [-0.3, -0.25) is 9.59 Å². The number of carbonyl (C=O) groups excluding carboxylic acids is 1. The number of hydrogen-bond acceptors (Lipinski definition) is 10. The molecule has 13 heteroatoms. The summed E-state index contributed by atoms with van der Waals surface area (Å²) in [5.41, 5.74) is 5.61. The van der Waals surface area contributed by atoms with Crippen molar-refractivity contribution in [3.8, 4) is 22.6 Å². The molecule has 1 spiro atoms. The van der Waals surface area contributed by atoms with Crippen molar-refractivity contribution >= 4 is 46.1 Å². The van der Waals surface area contributed by atoms with Gasteiger partial charge in [-0.25, -0.2) is 9.97 Å². The zero-order valence-electron chi connectivity index (χ0n) is 35.2. The number of fused-ring (bicyclic) bond motifs is 1. The Kier molecular flexibility index (Phi) is 10.2. The zero-order valence-corrected chi connectivity index (χ0v) is 36.0. The van der Waals surface area contributed by atoms with Gasteiger partial charge in [-0.05, 0) is 72.4 Å². The van der Waals surface area contributed by atoms with Crippen LogP contribution in [0.15, 0.2) is 78.1 Å². The number of aryl methyl sites for hydroxylation is 1. The van der Waals surface area contributed by atoms with Gasteiger partial charge in [0.05, 0.1) is 5.56 Å². The number of nitrogens with zero attached hydrogens (tertiary/aromatic N) is 6. The molecule has 3 aromatic heterocycles. The predicted octanol–water partition coefficient (Wildman–Crippen LogP) is 7.79. The molecule has 4 fully saturated rings. The standard InChI is InChI=1S/C46H57N9O3S/c1-7-59-51-32-11-12-38(36(19-32)37-24-52(6)41(57)39-35(37)13-16-47-39)58-34-10-8-9-33(20-34)55-28-46(29-55)26-53(27-46)23-30-14-17-54(18-15-30)43-48-21-31(22-49-43)40(56)50-42-44(2,3)25-45(42,4)5/h8-13,16,19-22,24,30,42,47,51H,7,14-15,17-18,23,25-29H2,1-6H3,(H,50,56). The third-order valence-electron chi connectivity index (χ3n) is 13.1. The van der Waals surface area contributed by atoms with Crippen LogP contribution in [0.5, 0.6) is 11.5 Å². The second-order valence-corrected chi connectivity index (χ2v) is 19.9. The smallest absolute Gasteiger partial charge is 0.274 e. The van der Waals surface area contributed by atoms with E-state index in [9.17, 15) is 9.59 Å². The van der Waals surface area contributed by atoms with Gasteiger partial charge in [0.15, 0.2) is 0 Å². The monoisotopic (exact) mass is 815 g/mol. The normalized spacial score (nSPS) is 19.9. The number of hydrogen-bond donors (Lipinski definition) is 3. The summed E-state index contributed by atoms with van der Waals surface area (Å²) in [6.45, 7) is 18.4. The predicted molar refractivity (Wildman–Crippen MR) is 239 cm³/mol. The first-order chi connectivity index (χ1) is 28.3. The number of carbonyl (C=O) groups is 1. The van der Waals surface area contributed by atoms with Crippen molar-refractivity contribution in [1.82, 2.24) is 29.7 Å². The molecule has 1 amide bonds. The van der Waals surface area contributed by atoms with E-state index in [0.717, 1.165) is 110 Å². The molecule has 1 aliphatic carbocycles. The summed E-state index contributed by atoms with van der Waals surface area (Å²) in [5.74, 6) is 3.76. The van der Waals surface area contributed by atoms with Gasteiger partial charge in [-0.15, -0.1) is 0 Å². The number of likely N-dealkylation sites (tertiary alicyclic amines) is 1. The Morgan fingerprint density at radius 3 is 2.41 bits per heavy atom. The van der Waals surface area contributed by atoms with Gasteiger partial charge in [0.2, 0.25) is 5.95 Å². The Balaban J connectivity index is 0.768. The van der Waals surface area contributed by atoms with Crippen molar-refractivity contribution in [3.63, 3.8) is 0 Å². The quantitative estimate of drug-likeness (QED) is 0.108. The Hall–Kier alpha value is -5.01. The topological polar surface area (TPSA) is 124 Å². The molecule has 0 bridgehead atoms. The van der Waals surface area contributed by atoms with Gasteiger partial charge in [0.25, 0.3) is 11.5 Å². The number of aromatic nitrogens is 4. The summed E-state index contributed by atoms with van der Waals surface area (Å²) in [5, 5.41) is 4.11. The summed E-state index contributed by atoms with van der Waals surface area (Å²) in [7, 11) is 1.79. The van der Waals surface area contributed by atoms with Crippen molar-refractivity contribution < 1.29 is 9.53 Å². The fourth-order valence-corrected chi connectivity index (χ4v) is 11.2. The summed E-state index contributed by atoms with van der Waals surface area (Å²) in [4.78, 5) is 45.6. The minimum Gasteiger partial charge on any atom is -0.457 e. The zero-order chi connectivity index (χ0) is 41.1. The van der Waals surface area contributed by atoms with E-state index < -0.39 is 0 Å². The Labute approximate surface area is 351 Å². The number of anilines is 3. The molecular formula is C46H57N9O3S. The lowest BCUT2D eigenvalue weighted by Crippen LogP contribution is -2.72. The first-order valence-electron chi connectivity index (χ1n) is 21.1. The van der Waals surface area contributed by atoms with Gasteiger partial charge in [-0.1, -0.05) is 52.6 Å². The van der Waals surface area contributed by atoms with E-state index in [-0.39, 0.29) is 28.3 Å². The van der Waals surface area contributed by atoms with Gasteiger partial charge < -0.3 is 39.0 Å². The van der Waals surface area contributed by atoms with Crippen LogP contribution in [0.2, 0.25) is 0 Å². The fraction of sp³-hybridized carbons (Fsp3) is 0.478. The molecule has 0 radical (unpaired) electrons. The van der Waals surface area contributed by atoms with E-state index in [1.54, 1.807) is 36.0 Å². The molecule has 0 atom stereocenters. The van der Waals surface area contributed by atoms with Crippen LogP contribution in [0, 0.1) is 22.2 Å². The number of pyridine rings is 1. The number of benzene rings is 2. The largest absolute Gasteiger partial charge is 0.457 e. The van der Waals surface area contributed by atoms with Crippen LogP contribution in [0.25, 0.3) is 22.0 Å². The minimum absolute atomic E-state index is 0.0581. The lowest BCUT2D eigenvalue weighted by molar-refractivity contribution is -0.0366. The number of amides is 1. The molecule has 4 aliphatic rings. The molecule has 6 heterocycles. The molecule has 9 rings (SSSR count). The first-order valence-corrected chi connectivity index (χ1v) is 22.1. The van der Waals surface area contributed by atoms with Crippen LogP contribution in [0.1, 0.15) is 64.2 Å². The highest BCUT2D eigenvalue weighted by Gasteiger charge is 2.54. The maximum Gasteiger partial charge on any atom is 0.274 e. The van der Waals surface area contributed by atoms with Gasteiger partial charge >= 0.3 is 0 Å². The van der Waals surface area contributed by atoms with E-state index >= 15 is 0 Å². The summed E-state index contributed by atoms with van der Waals surface area (Å²) >= 11 is 1.64. The summed E-state index contributed by atoms with van der Waals surface area (Å²) < 4.78 is 11.7. The number of aromatic amines is 1. The van der Waals surface area contributed by atoms with Crippen molar-refractivity contribution in [2.45, 2.75) is 59.9 Å². The van der Waals surface area contributed by atoms with E-state index in [1.165, 1.54) is 5.69 Å². The minimum atomic E-state index is -0.0880. The molecule has 310 valence electrons. The van der Waals surface area contributed by atoms with Gasteiger partial charge in [-0.2, -0.15) is 0 Å². The third kappa shape index (κ3) is 7.67. The Bertz CT molecular complexity index is 2390. The van der Waals surface area contributed by atoms with Crippen molar-refractivity contribution in [2.75, 3.05) is 66.1 Å².